The first-order valence-corrected chi connectivity index (χ1v) is 13.5. The zero-order valence-electron chi connectivity index (χ0n) is 22.3. The number of halogens is 1. The summed E-state index contributed by atoms with van der Waals surface area (Å²) in [4.78, 5) is 33.5. The van der Waals surface area contributed by atoms with Crippen LogP contribution in [0.1, 0.15) is 33.7 Å². The monoisotopic (exact) mass is 552 g/mol. The minimum atomic E-state index is -0.471. The van der Waals surface area contributed by atoms with E-state index in [2.05, 4.69) is 36.2 Å². The van der Waals surface area contributed by atoms with Gasteiger partial charge in [0, 0.05) is 45.1 Å². The zero-order chi connectivity index (χ0) is 28.0. The maximum Gasteiger partial charge on any atom is 0.273 e. The Morgan fingerprint density at radius 2 is 1.76 bits per heavy atom. The first kappa shape index (κ1) is 26.3. The summed E-state index contributed by atoms with van der Waals surface area (Å²) in [6, 6.07) is 19.0. The van der Waals surface area contributed by atoms with Crippen molar-refractivity contribution >= 4 is 28.0 Å². The van der Waals surface area contributed by atoms with Crippen LogP contribution in [-0.2, 0) is 32.4 Å². The van der Waals surface area contributed by atoms with Crippen LogP contribution in [0.4, 0.5) is 4.39 Å². The number of H-pyrrole nitrogens is 1. The van der Waals surface area contributed by atoms with Crippen molar-refractivity contribution in [1.82, 2.24) is 40.1 Å². The molecule has 0 aliphatic heterocycles. The van der Waals surface area contributed by atoms with Gasteiger partial charge in [0.15, 0.2) is 11.6 Å². The molecule has 6 aromatic rings. The Kier molecular flexibility index (Phi) is 7.76. The second-order valence-electron chi connectivity index (χ2n) is 9.61. The lowest BCUT2D eigenvalue weighted by atomic mass is 10.3. The number of aryl methyl sites for hydroxylation is 2. The number of hydrogen-bond acceptors (Lipinski definition) is 7. The molecular weight excluding hydrogens is 523 g/mol. The van der Waals surface area contributed by atoms with Crippen LogP contribution in [0.5, 0.6) is 0 Å². The number of hydrogen-bond donors (Lipinski definition) is 3. The second-order valence-corrected chi connectivity index (χ2v) is 9.61. The van der Waals surface area contributed by atoms with Crippen LogP contribution >= 0.6 is 0 Å². The molecule has 208 valence electrons. The average molecular weight is 553 g/mol. The number of amides is 1. The lowest BCUT2D eigenvalue weighted by molar-refractivity contribution is 0.0945. The first-order valence-electron chi connectivity index (χ1n) is 13.5. The minimum Gasteiger partial charge on any atom is -0.448 e. The summed E-state index contributed by atoms with van der Waals surface area (Å²) in [7, 11) is 0. The highest BCUT2D eigenvalue weighted by molar-refractivity contribution is 5.91. The SMILES string of the molecule is O=C(NCc1ncccc1F)c1coc(CCNCCc2nc3ccccc3n2CCc2nc3ccccc3[nH]2)n1. The van der Waals surface area contributed by atoms with Crippen molar-refractivity contribution in [3.8, 4) is 0 Å². The summed E-state index contributed by atoms with van der Waals surface area (Å²) in [6.07, 6.45) is 4.82. The summed E-state index contributed by atoms with van der Waals surface area (Å²) in [5.74, 6) is 1.50. The van der Waals surface area contributed by atoms with Crippen LogP contribution in [0.2, 0.25) is 0 Å². The molecule has 4 aromatic heterocycles. The van der Waals surface area contributed by atoms with Crippen molar-refractivity contribution in [2.75, 3.05) is 13.1 Å². The van der Waals surface area contributed by atoms with Gasteiger partial charge < -0.3 is 24.6 Å². The number of oxazole rings is 1. The van der Waals surface area contributed by atoms with Crippen LogP contribution in [0.3, 0.4) is 0 Å². The molecule has 0 radical (unpaired) electrons. The van der Waals surface area contributed by atoms with Gasteiger partial charge in [0.25, 0.3) is 5.91 Å². The molecule has 1 amide bonds. The molecule has 0 saturated heterocycles. The summed E-state index contributed by atoms with van der Waals surface area (Å²) in [5.41, 5.74) is 4.41. The fraction of sp³-hybridized carbons (Fsp3) is 0.233. The molecule has 0 atom stereocenters. The van der Waals surface area contributed by atoms with E-state index in [0.717, 1.165) is 59.6 Å². The number of aromatic nitrogens is 6. The third-order valence-electron chi connectivity index (χ3n) is 6.82. The second kappa shape index (κ2) is 12.1. The summed E-state index contributed by atoms with van der Waals surface area (Å²) >= 11 is 0. The third-order valence-corrected chi connectivity index (χ3v) is 6.82. The van der Waals surface area contributed by atoms with Crippen LogP contribution in [0.25, 0.3) is 22.1 Å². The number of aromatic amines is 1. The average Bonchev–Trinajstić information content (AvgIpc) is 3.72. The highest BCUT2D eigenvalue weighted by Crippen LogP contribution is 2.18. The summed E-state index contributed by atoms with van der Waals surface area (Å²) in [6.45, 7) is 2.08. The van der Waals surface area contributed by atoms with Gasteiger partial charge in [-0.1, -0.05) is 24.3 Å². The number of fused-ring (bicyclic) bond motifs is 2. The summed E-state index contributed by atoms with van der Waals surface area (Å²) in [5, 5.41) is 6.03. The van der Waals surface area contributed by atoms with E-state index >= 15 is 0 Å². The van der Waals surface area contributed by atoms with E-state index in [9.17, 15) is 9.18 Å². The summed E-state index contributed by atoms with van der Waals surface area (Å²) < 4.78 is 21.4. The highest BCUT2D eigenvalue weighted by atomic mass is 19.1. The molecule has 3 N–H and O–H groups in total. The lowest BCUT2D eigenvalue weighted by Gasteiger charge is -2.09. The highest BCUT2D eigenvalue weighted by Gasteiger charge is 2.14. The number of carbonyl (C=O) groups excluding carboxylic acids is 1. The normalized spacial score (nSPS) is 11.4. The van der Waals surface area contributed by atoms with E-state index in [0.29, 0.717) is 18.9 Å². The topological polar surface area (TPSA) is 127 Å². The molecule has 2 aromatic carbocycles. The Bertz CT molecular complexity index is 1760. The predicted molar refractivity (Wildman–Crippen MR) is 152 cm³/mol. The van der Waals surface area contributed by atoms with Crippen LogP contribution in [-0.4, -0.2) is 48.5 Å². The number of benzene rings is 2. The first-order chi connectivity index (χ1) is 20.1. The molecular formula is C30H29FN8O2. The quantitative estimate of drug-likeness (QED) is 0.196. The molecule has 0 bridgehead atoms. The zero-order valence-corrected chi connectivity index (χ0v) is 22.3. The van der Waals surface area contributed by atoms with Crippen molar-refractivity contribution in [2.24, 2.45) is 0 Å². The predicted octanol–water partition coefficient (Wildman–Crippen LogP) is 3.98. The van der Waals surface area contributed by atoms with Gasteiger partial charge in [0.2, 0.25) is 0 Å². The van der Waals surface area contributed by atoms with E-state index < -0.39 is 11.7 Å². The largest absolute Gasteiger partial charge is 0.448 e. The van der Waals surface area contributed by atoms with Gasteiger partial charge in [-0.25, -0.2) is 19.3 Å². The Labute approximate surface area is 235 Å². The Morgan fingerprint density at radius 1 is 0.927 bits per heavy atom. The van der Waals surface area contributed by atoms with Gasteiger partial charge in [0.1, 0.15) is 23.7 Å². The molecule has 11 heteroatoms. The van der Waals surface area contributed by atoms with Crippen LogP contribution in [0, 0.1) is 5.82 Å². The molecule has 0 unspecified atom stereocenters. The van der Waals surface area contributed by atoms with Gasteiger partial charge >= 0.3 is 0 Å². The van der Waals surface area contributed by atoms with Crippen molar-refractivity contribution in [3.05, 3.63) is 108 Å². The number of nitrogens with zero attached hydrogens (tertiary/aromatic N) is 5. The van der Waals surface area contributed by atoms with E-state index in [-0.39, 0.29) is 17.9 Å². The lowest BCUT2D eigenvalue weighted by Crippen LogP contribution is -2.24. The van der Waals surface area contributed by atoms with E-state index in [4.69, 9.17) is 14.4 Å². The Balaban J connectivity index is 1.00. The molecule has 10 nitrogen and oxygen atoms in total. The number of para-hydroxylation sites is 4. The Morgan fingerprint density at radius 3 is 2.63 bits per heavy atom. The van der Waals surface area contributed by atoms with Gasteiger partial charge in [-0.2, -0.15) is 0 Å². The molecule has 0 aliphatic rings. The number of nitrogens with one attached hydrogen (secondary N) is 3. The van der Waals surface area contributed by atoms with E-state index in [1.165, 1.54) is 24.6 Å². The third kappa shape index (κ3) is 6.15. The molecule has 0 fully saturated rings. The van der Waals surface area contributed by atoms with Crippen LogP contribution in [0.15, 0.2) is 77.5 Å². The van der Waals surface area contributed by atoms with Crippen molar-refractivity contribution in [3.63, 3.8) is 0 Å². The van der Waals surface area contributed by atoms with Crippen LogP contribution < -0.4 is 10.6 Å². The number of carbonyl (C=O) groups is 1. The van der Waals surface area contributed by atoms with E-state index in [1.807, 2.05) is 42.5 Å². The molecule has 41 heavy (non-hydrogen) atoms. The Hall–Kier alpha value is -4.90. The molecule has 6 rings (SSSR count). The maximum atomic E-state index is 13.7. The van der Waals surface area contributed by atoms with Crippen molar-refractivity contribution in [1.29, 1.82) is 0 Å². The minimum absolute atomic E-state index is 0.0295. The van der Waals surface area contributed by atoms with E-state index in [1.54, 1.807) is 0 Å². The number of pyridine rings is 1. The smallest absolute Gasteiger partial charge is 0.273 e. The van der Waals surface area contributed by atoms with Gasteiger partial charge in [-0.05, 0) is 36.4 Å². The van der Waals surface area contributed by atoms with Gasteiger partial charge in [0.05, 0.1) is 34.3 Å². The number of rotatable bonds is 12. The fourth-order valence-corrected chi connectivity index (χ4v) is 4.76. The molecule has 0 spiro atoms. The van der Waals surface area contributed by atoms with Gasteiger partial charge in [-0.15, -0.1) is 0 Å². The fourth-order valence-electron chi connectivity index (χ4n) is 4.76. The van der Waals surface area contributed by atoms with Gasteiger partial charge in [-0.3, -0.25) is 9.78 Å². The van der Waals surface area contributed by atoms with Crippen molar-refractivity contribution < 1.29 is 13.6 Å². The number of imidazole rings is 2. The molecule has 0 saturated carbocycles. The standard InChI is InChI=1S/C30H29FN8O2/c31-20-6-5-14-33-24(20)18-34-30(40)25-19-41-29(38-25)12-16-32-15-11-28-37-23-9-3-4-10-26(23)39(28)17-13-27-35-21-7-1-2-8-22(21)36-27/h1-10,14,19,32H,11-13,15-18H2,(H,34,40)(H,35,36). The molecule has 4 heterocycles. The maximum absolute atomic E-state index is 13.7. The molecule has 0 aliphatic carbocycles. The van der Waals surface area contributed by atoms with Crippen molar-refractivity contribution in [2.45, 2.75) is 32.4 Å².